The van der Waals surface area contributed by atoms with Crippen molar-refractivity contribution in [2.24, 2.45) is 5.92 Å². The molecule has 7 nitrogen and oxygen atoms in total. The molecule has 1 aliphatic rings. The van der Waals surface area contributed by atoms with Crippen LogP contribution < -0.4 is 19.1 Å². The van der Waals surface area contributed by atoms with Gasteiger partial charge >= 0.3 is 5.97 Å². The summed E-state index contributed by atoms with van der Waals surface area (Å²) >= 11 is 0. The number of ether oxygens (including phenoxy) is 4. The maximum absolute atomic E-state index is 13.0. The summed E-state index contributed by atoms with van der Waals surface area (Å²) < 4.78 is 21.4. The van der Waals surface area contributed by atoms with Crippen molar-refractivity contribution >= 4 is 17.6 Å². The van der Waals surface area contributed by atoms with Crippen LogP contribution in [0.25, 0.3) is 0 Å². The number of anilines is 1. The van der Waals surface area contributed by atoms with Crippen LogP contribution in [0.5, 0.6) is 17.2 Å². The molecule has 0 bridgehead atoms. The molecule has 2 aromatic carbocycles. The maximum atomic E-state index is 13.0. The minimum atomic E-state index is -0.529. The predicted octanol–water partition coefficient (Wildman–Crippen LogP) is 3.76. The van der Waals surface area contributed by atoms with Crippen LogP contribution in [0.4, 0.5) is 5.69 Å². The molecule has 1 fully saturated rings. The van der Waals surface area contributed by atoms with E-state index < -0.39 is 12.0 Å². The molecule has 0 aromatic heterocycles. The van der Waals surface area contributed by atoms with Gasteiger partial charge in [0.05, 0.1) is 39.9 Å². The third-order valence-electron chi connectivity index (χ3n) is 5.29. The van der Waals surface area contributed by atoms with Crippen molar-refractivity contribution in [3.05, 3.63) is 48.0 Å². The Hall–Kier alpha value is -3.22. The van der Waals surface area contributed by atoms with Gasteiger partial charge in [0.15, 0.2) is 11.5 Å². The van der Waals surface area contributed by atoms with Gasteiger partial charge in [0.1, 0.15) is 5.75 Å². The highest BCUT2D eigenvalue weighted by atomic mass is 16.5. The van der Waals surface area contributed by atoms with Crippen molar-refractivity contribution in [2.75, 3.05) is 32.8 Å². The van der Waals surface area contributed by atoms with Crippen molar-refractivity contribution in [3.8, 4) is 17.2 Å². The molecule has 0 unspecified atom stereocenters. The Morgan fingerprint density at radius 1 is 1.00 bits per heavy atom. The second-order valence-corrected chi connectivity index (χ2v) is 6.92. The summed E-state index contributed by atoms with van der Waals surface area (Å²) in [7, 11) is 4.70. The minimum absolute atomic E-state index is 0.0551. The normalized spacial score (nSPS) is 18.7. The maximum Gasteiger partial charge on any atom is 0.311 e. The van der Waals surface area contributed by atoms with Crippen LogP contribution in [0, 0.1) is 5.92 Å². The number of nitrogens with zero attached hydrogens (tertiary/aromatic N) is 1. The topological polar surface area (TPSA) is 74.3 Å². The lowest BCUT2D eigenvalue weighted by atomic mass is 9.83. The largest absolute Gasteiger partial charge is 0.497 e. The predicted molar refractivity (Wildman–Crippen MR) is 112 cm³/mol. The highest BCUT2D eigenvalue weighted by Gasteiger charge is 2.42. The lowest BCUT2D eigenvalue weighted by molar-refractivity contribution is -0.150. The molecular formula is C23H27NO6. The van der Waals surface area contributed by atoms with E-state index in [2.05, 4.69) is 0 Å². The summed E-state index contributed by atoms with van der Waals surface area (Å²) in [6, 6.07) is 12.1. The fraction of sp³-hybridized carbons (Fsp3) is 0.391. The highest BCUT2D eigenvalue weighted by molar-refractivity contribution is 5.97. The van der Waals surface area contributed by atoms with E-state index in [1.807, 2.05) is 24.3 Å². The number of piperidine rings is 1. The van der Waals surface area contributed by atoms with Gasteiger partial charge in [-0.1, -0.05) is 6.07 Å². The van der Waals surface area contributed by atoms with Gasteiger partial charge < -0.3 is 23.8 Å². The number of hydrogen-bond donors (Lipinski definition) is 0. The molecule has 0 spiro atoms. The molecule has 3 rings (SSSR count). The number of hydrogen-bond acceptors (Lipinski definition) is 6. The van der Waals surface area contributed by atoms with Crippen LogP contribution in [0.2, 0.25) is 0 Å². The molecule has 1 amide bonds. The zero-order valence-electron chi connectivity index (χ0n) is 17.7. The number of rotatable bonds is 7. The van der Waals surface area contributed by atoms with E-state index in [1.54, 1.807) is 51.4 Å². The first kappa shape index (κ1) is 21.5. The van der Waals surface area contributed by atoms with Crippen molar-refractivity contribution in [1.29, 1.82) is 0 Å². The third kappa shape index (κ3) is 4.20. The first-order valence-corrected chi connectivity index (χ1v) is 9.88. The number of amides is 1. The van der Waals surface area contributed by atoms with Gasteiger partial charge in [-0.15, -0.1) is 0 Å². The van der Waals surface area contributed by atoms with Gasteiger partial charge in [-0.05, 0) is 55.3 Å². The lowest BCUT2D eigenvalue weighted by Gasteiger charge is -2.40. The van der Waals surface area contributed by atoms with Crippen LogP contribution in [-0.4, -0.2) is 39.8 Å². The first-order chi connectivity index (χ1) is 14.5. The Bertz CT molecular complexity index is 895. The zero-order chi connectivity index (χ0) is 21.7. The fourth-order valence-electron chi connectivity index (χ4n) is 3.85. The molecule has 7 heteroatoms. The summed E-state index contributed by atoms with van der Waals surface area (Å²) in [5, 5.41) is 0. The molecule has 30 heavy (non-hydrogen) atoms. The Morgan fingerprint density at radius 3 is 2.30 bits per heavy atom. The van der Waals surface area contributed by atoms with Gasteiger partial charge in [-0.2, -0.15) is 0 Å². The molecular weight excluding hydrogens is 386 g/mol. The van der Waals surface area contributed by atoms with Crippen LogP contribution in [0.15, 0.2) is 42.5 Å². The van der Waals surface area contributed by atoms with E-state index >= 15 is 0 Å². The van der Waals surface area contributed by atoms with E-state index in [0.29, 0.717) is 29.4 Å². The zero-order valence-corrected chi connectivity index (χ0v) is 17.7. The Kier molecular flexibility index (Phi) is 6.82. The molecule has 0 radical (unpaired) electrons. The van der Waals surface area contributed by atoms with E-state index in [0.717, 1.165) is 5.56 Å². The smallest absolute Gasteiger partial charge is 0.311 e. The van der Waals surface area contributed by atoms with Crippen LogP contribution in [-0.2, 0) is 14.3 Å². The molecule has 0 saturated carbocycles. The van der Waals surface area contributed by atoms with Gasteiger partial charge in [0.25, 0.3) is 0 Å². The highest BCUT2D eigenvalue weighted by Crippen LogP contribution is 2.43. The Labute approximate surface area is 176 Å². The summed E-state index contributed by atoms with van der Waals surface area (Å²) in [6.45, 7) is 2.06. The average molecular weight is 413 g/mol. The summed E-state index contributed by atoms with van der Waals surface area (Å²) in [6.07, 6.45) is 0.683. The molecule has 0 aliphatic carbocycles. The van der Waals surface area contributed by atoms with Crippen LogP contribution in [0.3, 0.4) is 0 Å². The summed E-state index contributed by atoms with van der Waals surface area (Å²) in [5.74, 6) is 0.928. The fourth-order valence-corrected chi connectivity index (χ4v) is 3.85. The van der Waals surface area contributed by atoms with Crippen molar-refractivity contribution < 1.29 is 28.5 Å². The summed E-state index contributed by atoms with van der Waals surface area (Å²) in [5.41, 5.74) is 1.46. The van der Waals surface area contributed by atoms with Crippen molar-refractivity contribution in [2.45, 2.75) is 25.8 Å². The van der Waals surface area contributed by atoms with E-state index in [9.17, 15) is 9.59 Å². The van der Waals surface area contributed by atoms with Gasteiger partial charge in [-0.25, -0.2) is 0 Å². The first-order valence-electron chi connectivity index (χ1n) is 9.88. The second-order valence-electron chi connectivity index (χ2n) is 6.92. The number of carbonyl (C=O) groups excluding carboxylic acids is 2. The Morgan fingerprint density at radius 2 is 1.70 bits per heavy atom. The van der Waals surface area contributed by atoms with Crippen molar-refractivity contribution in [3.63, 3.8) is 0 Å². The number of carbonyl (C=O) groups is 2. The Balaban J connectivity index is 2.11. The molecule has 1 aliphatic heterocycles. The lowest BCUT2D eigenvalue weighted by Crippen LogP contribution is -2.46. The average Bonchev–Trinajstić information content (AvgIpc) is 2.78. The summed E-state index contributed by atoms with van der Waals surface area (Å²) in [4.78, 5) is 27.5. The van der Waals surface area contributed by atoms with E-state index in [1.165, 1.54) is 0 Å². The van der Waals surface area contributed by atoms with Gasteiger partial charge in [0, 0.05) is 12.1 Å². The quantitative estimate of drug-likeness (QED) is 0.644. The van der Waals surface area contributed by atoms with Gasteiger partial charge in [0.2, 0.25) is 5.91 Å². The van der Waals surface area contributed by atoms with Crippen LogP contribution in [0.1, 0.15) is 31.4 Å². The standard InChI is InChI=1S/C23H27NO6/c1-5-30-23(26)18-11-13-21(25)24(16-7-9-17(27-2)10-8-16)22(18)15-6-12-19(28-3)20(14-15)29-4/h6-10,12,14,18,22H,5,11,13H2,1-4H3/t18-,22-/m0/s1. The molecule has 2 aromatic rings. The second kappa shape index (κ2) is 9.52. The monoisotopic (exact) mass is 413 g/mol. The number of benzene rings is 2. The molecule has 0 N–H and O–H groups in total. The van der Waals surface area contributed by atoms with Gasteiger partial charge in [-0.3, -0.25) is 9.59 Å². The van der Waals surface area contributed by atoms with Crippen molar-refractivity contribution in [1.82, 2.24) is 0 Å². The van der Waals surface area contributed by atoms with Crippen LogP contribution >= 0.6 is 0 Å². The molecule has 1 saturated heterocycles. The minimum Gasteiger partial charge on any atom is -0.497 e. The third-order valence-corrected chi connectivity index (χ3v) is 5.29. The van der Waals surface area contributed by atoms with E-state index in [-0.39, 0.29) is 24.9 Å². The molecule has 1 heterocycles. The number of methoxy groups -OCH3 is 3. The number of esters is 1. The SMILES string of the molecule is CCOC(=O)[C@H]1CCC(=O)N(c2ccc(OC)cc2)[C@H]1c1ccc(OC)c(OC)c1. The molecule has 160 valence electrons. The molecule has 2 atom stereocenters. The van der Waals surface area contributed by atoms with E-state index in [4.69, 9.17) is 18.9 Å².